The van der Waals surface area contributed by atoms with Crippen LogP contribution in [0.3, 0.4) is 0 Å². The summed E-state index contributed by atoms with van der Waals surface area (Å²) in [6.45, 7) is 4.93. The van der Waals surface area contributed by atoms with Crippen molar-refractivity contribution in [2.75, 3.05) is 6.54 Å². The van der Waals surface area contributed by atoms with Crippen molar-refractivity contribution < 1.29 is 0 Å². The third-order valence-electron chi connectivity index (χ3n) is 2.44. The van der Waals surface area contributed by atoms with Crippen LogP contribution in [-0.4, -0.2) is 26.8 Å². The summed E-state index contributed by atoms with van der Waals surface area (Å²) in [4.78, 5) is 0. The number of nitrogens with zero attached hydrogens (tertiary/aromatic N) is 4. The fourth-order valence-electron chi connectivity index (χ4n) is 1.65. The van der Waals surface area contributed by atoms with E-state index in [2.05, 4.69) is 20.8 Å². The third-order valence-corrected chi connectivity index (χ3v) is 2.68. The van der Waals surface area contributed by atoms with E-state index in [4.69, 9.17) is 11.6 Å². The highest BCUT2D eigenvalue weighted by atomic mass is 35.5. The maximum absolute atomic E-state index is 5.96. The molecule has 0 radical (unpaired) electrons. The number of aromatic nitrogens is 4. The van der Waals surface area contributed by atoms with E-state index >= 15 is 0 Å². The van der Waals surface area contributed by atoms with Gasteiger partial charge in [0.2, 0.25) is 0 Å². The molecular formula is C11H14ClN5. The highest BCUT2D eigenvalue weighted by Crippen LogP contribution is 2.17. The summed E-state index contributed by atoms with van der Waals surface area (Å²) in [5, 5.41) is 15.7. The predicted octanol–water partition coefficient (Wildman–Crippen LogP) is 1.99. The molecule has 5 nitrogen and oxygen atoms in total. The van der Waals surface area contributed by atoms with Crippen LogP contribution in [-0.2, 0) is 0 Å². The minimum absolute atomic E-state index is 0.0916. The quantitative estimate of drug-likeness (QED) is 0.903. The third kappa shape index (κ3) is 2.62. The molecule has 2 aromatic rings. The lowest BCUT2D eigenvalue weighted by molar-refractivity contribution is 0.550. The van der Waals surface area contributed by atoms with Crippen molar-refractivity contribution in [1.82, 2.24) is 25.5 Å². The second-order valence-corrected chi connectivity index (χ2v) is 4.14. The summed E-state index contributed by atoms with van der Waals surface area (Å²) < 4.78 is 1.69. The van der Waals surface area contributed by atoms with Gasteiger partial charge in [-0.05, 0) is 42.1 Å². The van der Waals surface area contributed by atoms with E-state index in [0.717, 1.165) is 18.1 Å². The first-order chi connectivity index (χ1) is 8.22. The summed E-state index contributed by atoms with van der Waals surface area (Å²) in [6.07, 6.45) is 0. The van der Waals surface area contributed by atoms with Crippen LogP contribution in [0, 0.1) is 0 Å². The van der Waals surface area contributed by atoms with Crippen molar-refractivity contribution in [2.24, 2.45) is 0 Å². The van der Waals surface area contributed by atoms with Crippen LogP contribution in [0.1, 0.15) is 25.7 Å². The molecule has 6 heteroatoms. The second kappa shape index (κ2) is 5.25. The van der Waals surface area contributed by atoms with Crippen LogP contribution in [0.15, 0.2) is 24.3 Å². The Morgan fingerprint density at radius 1 is 1.47 bits per heavy atom. The molecule has 0 saturated carbocycles. The minimum Gasteiger partial charge on any atom is -0.308 e. The number of benzene rings is 1. The zero-order valence-corrected chi connectivity index (χ0v) is 10.5. The van der Waals surface area contributed by atoms with Crippen LogP contribution in [0.2, 0.25) is 5.02 Å². The molecule has 17 heavy (non-hydrogen) atoms. The molecule has 0 aliphatic carbocycles. The summed E-state index contributed by atoms with van der Waals surface area (Å²) in [6, 6.07) is 7.54. The lowest BCUT2D eigenvalue weighted by atomic mass is 10.3. The van der Waals surface area contributed by atoms with Gasteiger partial charge in [0.05, 0.1) is 11.7 Å². The molecule has 2 rings (SSSR count). The van der Waals surface area contributed by atoms with Crippen LogP contribution in [0.5, 0.6) is 0 Å². The number of rotatable bonds is 4. The Labute approximate surface area is 105 Å². The zero-order valence-electron chi connectivity index (χ0n) is 9.76. The normalized spacial score (nSPS) is 12.6. The molecule has 0 aliphatic heterocycles. The highest BCUT2D eigenvalue weighted by Gasteiger charge is 2.14. The van der Waals surface area contributed by atoms with Crippen molar-refractivity contribution in [3.8, 4) is 5.69 Å². The van der Waals surface area contributed by atoms with Crippen molar-refractivity contribution in [2.45, 2.75) is 19.9 Å². The van der Waals surface area contributed by atoms with Gasteiger partial charge in [-0.1, -0.05) is 24.6 Å². The fraction of sp³-hybridized carbons (Fsp3) is 0.364. The molecule has 0 aliphatic rings. The lowest BCUT2D eigenvalue weighted by Gasteiger charge is -2.11. The molecule has 0 saturated heterocycles. The summed E-state index contributed by atoms with van der Waals surface area (Å²) >= 11 is 5.96. The molecule has 1 heterocycles. The Hall–Kier alpha value is -1.46. The number of tetrazole rings is 1. The van der Waals surface area contributed by atoms with Crippen molar-refractivity contribution in [3.63, 3.8) is 0 Å². The first kappa shape index (κ1) is 12.0. The zero-order chi connectivity index (χ0) is 12.3. The summed E-state index contributed by atoms with van der Waals surface area (Å²) in [7, 11) is 0. The molecule has 1 unspecified atom stereocenters. The van der Waals surface area contributed by atoms with Gasteiger partial charge < -0.3 is 5.32 Å². The van der Waals surface area contributed by atoms with Gasteiger partial charge in [-0.2, -0.15) is 4.68 Å². The highest BCUT2D eigenvalue weighted by molar-refractivity contribution is 6.30. The topological polar surface area (TPSA) is 55.6 Å². The van der Waals surface area contributed by atoms with E-state index in [1.807, 2.05) is 38.1 Å². The van der Waals surface area contributed by atoms with Gasteiger partial charge in [0, 0.05) is 5.02 Å². The Kier molecular flexibility index (Phi) is 3.71. The standard InChI is InChI=1S/C11H14ClN5/c1-3-13-8(2)11-14-15-16-17(11)10-6-4-5-9(12)7-10/h4-8,13H,3H2,1-2H3. The van der Waals surface area contributed by atoms with Gasteiger partial charge in [0.25, 0.3) is 0 Å². The van der Waals surface area contributed by atoms with E-state index in [9.17, 15) is 0 Å². The Bertz CT molecular complexity index is 496. The largest absolute Gasteiger partial charge is 0.308 e. The Morgan fingerprint density at radius 2 is 2.29 bits per heavy atom. The van der Waals surface area contributed by atoms with Crippen LogP contribution in [0.25, 0.3) is 5.69 Å². The maximum Gasteiger partial charge on any atom is 0.173 e. The first-order valence-corrected chi connectivity index (χ1v) is 5.87. The molecule has 0 amide bonds. The smallest absolute Gasteiger partial charge is 0.173 e. The number of hydrogen-bond donors (Lipinski definition) is 1. The van der Waals surface area contributed by atoms with E-state index in [1.54, 1.807) is 4.68 Å². The molecule has 0 spiro atoms. The average Bonchev–Trinajstić information content (AvgIpc) is 2.78. The SMILES string of the molecule is CCNC(C)c1nnnn1-c1cccc(Cl)c1. The van der Waals surface area contributed by atoms with Crippen LogP contribution < -0.4 is 5.32 Å². The predicted molar refractivity (Wildman–Crippen MR) is 66.3 cm³/mol. The van der Waals surface area contributed by atoms with Crippen molar-refractivity contribution >= 4 is 11.6 Å². The van der Waals surface area contributed by atoms with Crippen molar-refractivity contribution in [3.05, 3.63) is 35.1 Å². The fourth-order valence-corrected chi connectivity index (χ4v) is 1.84. The summed E-state index contributed by atoms with van der Waals surface area (Å²) in [5.74, 6) is 0.772. The number of halogens is 1. The Balaban J connectivity index is 2.36. The maximum atomic E-state index is 5.96. The second-order valence-electron chi connectivity index (χ2n) is 3.71. The Morgan fingerprint density at radius 3 is 3.00 bits per heavy atom. The van der Waals surface area contributed by atoms with E-state index in [1.165, 1.54) is 0 Å². The lowest BCUT2D eigenvalue weighted by Crippen LogP contribution is -2.21. The van der Waals surface area contributed by atoms with Gasteiger partial charge in [-0.15, -0.1) is 5.10 Å². The number of nitrogens with one attached hydrogen (secondary N) is 1. The van der Waals surface area contributed by atoms with E-state index in [-0.39, 0.29) is 6.04 Å². The molecular weight excluding hydrogens is 238 g/mol. The van der Waals surface area contributed by atoms with Crippen LogP contribution in [0.4, 0.5) is 0 Å². The monoisotopic (exact) mass is 251 g/mol. The molecule has 1 aromatic carbocycles. The molecule has 1 atom stereocenters. The molecule has 0 fully saturated rings. The van der Waals surface area contributed by atoms with Gasteiger partial charge in [-0.3, -0.25) is 0 Å². The van der Waals surface area contributed by atoms with Gasteiger partial charge >= 0.3 is 0 Å². The molecule has 1 N–H and O–H groups in total. The van der Waals surface area contributed by atoms with E-state index < -0.39 is 0 Å². The first-order valence-electron chi connectivity index (χ1n) is 5.50. The van der Waals surface area contributed by atoms with Crippen molar-refractivity contribution in [1.29, 1.82) is 0 Å². The van der Waals surface area contributed by atoms with Gasteiger partial charge in [0.15, 0.2) is 5.82 Å². The molecule has 1 aromatic heterocycles. The molecule has 90 valence electrons. The van der Waals surface area contributed by atoms with Crippen LogP contribution >= 0.6 is 11.6 Å². The summed E-state index contributed by atoms with van der Waals surface area (Å²) in [5.41, 5.74) is 0.863. The minimum atomic E-state index is 0.0916. The van der Waals surface area contributed by atoms with Gasteiger partial charge in [-0.25, -0.2) is 0 Å². The number of hydrogen-bond acceptors (Lipinski definition) is 4. The average molecular weight is 252 g/mol. The van der Waals surface area contributed by atoms with Gasteiger partial charge in [0.1, 0.15) is 0 Å². The van der Waals surface area contributed by atoms with E-state index in [0.29, 0.717) is 5.02 Å². The molecule has 0 bridgehead atoms.